The largest absolute Gasteiger partial charge is 0.491 e. The van der Waals surface area contributed by atoms with Gasteiger partial charge in [-0.15, -0.1) is 0 Å². The van der Waals surface area contributed by atoms with Gasteiger partial charge in [0, 0.05) is 18.1 Å². The van der Waals surface area contributed by atoms with Gasteiger partial charge in [0.15, 0.2) is 0 Å². The molecule has 1 aliphatic rings. The zero-order valence-electron chi connectivity index (χ0n) is 12.1. The number of morpholine rings is 1. The molecule has 0 N–H and O–H groups in total. The molecule has 1 aliphatic heterocycles. The first-order chi connectivity index (χ1) is 10.2. The number of rotatable bonds is 6. The first-order valence-electron chi connectivity index (χ1n) is 7.05. The van der Waals surface area contributed by atoms with Gasteiger partial charge in [-0.3, -0.25) is 9.69 Å². The predicted octanol–water partition coefficient (Wildman–Crippen LogP) is 1.98. The van der Waals surface area contributed by atoms with Gasteiger partial charge in [-0.2, -0.15) is 0 Å². The molecule has 1 saturated heterocycles. The Kier molecular flexibility index (Phi) is 6.29. The number of carbonyl (C=O) groups is 1. The zero-order valence-corrected chi connectivity index (χ0v) is 12.8. The molecule has 0 aromatic heterocycles. The lowest BCUT2D eigenvalue weighted by Crippen LogP contribution is -2.47. The van der Waals surface area contributed by atoms with Crippen molar-refractivity contribution in [1.29, 1.82) is 0 Å². The molecule has 1 heterocycles. The Hall–Kier alpha value is -1.30. The van der Waals surface area contributed by atoms with Crippen LogP contribution in [0.25, 0.3) is 0 Å². The van der Waals surface area contributed by atoms with E-state index < -0.39 is 0 Å². The lowest BCUT2D eigenvalue weighted by molar-refractivity contribution is -0.146. The Labute approximate surface area is 129 Å². The standard InChI is InChI=1S/C15H20ClNO4/c1-2-19-15(18)10-17-6-7-20-14(9-17)11-21-13-5-3-4-12(16)8-13/h3-5,8,14H,2,6-7,9-11H2,1H3/t14-/m0/s1. The lowest BCUT2D eigenvalue weighted by atomic mass is 10.3. The van der Waals surface area contributed by atoms with E-state index in [1.165, 1.54) is 0 Å². The van der Waals surface area contributed by atoms with Crippen molar-refractivity contribution < 1.29 is 19.0 Å². The van der Waals surface area contributed by atoms with Crippen LogP contribution in [0.15, 0.2) is 24.3 Å². The molecule has 5 nitrogen and oxygen atoms in total. The van der Waals surface area contributed by atoms with E-state index in [0.717, 1.165) is 6.54 Å². The monoisotopic (exact) mass is 313 g/mol. The minimum atomic E-state index is -0.200. The van der Waals surface area contributed by atoms with E-state index in [2.05, 4.69) is 0 Å². The van der Waals surface area contributed by atoms with E-state index in [1.807, 2.05) is 17.0 Å². The predicted molar refractivity (Wildman–Crippen MR) is 79.8 cm³/mol. The van der Waals surface area contributed by atoms with Crippen LogP contribution in [0.4, 0.5) is 0 Å². The molecule has 116 valence electrons. The highest BCUT2D eigenvalue weighted by Crippen LogP contribution is 2.18. The minimum Gasteiger partial charge on any atom is -0.491 e. The summed E-state index contributed by atoms with van der Waals surface area (Å²) in [6.07, 6.45) is -0.0628. The maximum Gasteiger partial charge on any atom is 0.320 e. The number of hydrogen-bond acceptors (Lipinski definition) is 5. The number of esters is 1. The highest BCUT2D eigenvalue weighted by molar-refractivity contribution is 6.30. The normalized spacial score (nSPS) is 19.2. The third-order valence-electron chi connectivity index (χ3n) is 3.11. The molecule has 0 saturated carbocycles. The Morgan fingerprint density at radius 3 is 3.14 bits per heavy atom. The average molecular weight is 314 g/mol. The smallest absolute Gasteiger partial charge is 0.320 e. The van der Waals surface area contributed by atoms with Crippen molar-refractivity contribution in [1.82, 2.24) is 4.90 Å². The van der Waals surface area contributed by atoms with E-state index in [9.17, 15) is 4.79 Å². The SMILES string of the molecule is CCOC(=O)CN1CCO[C@H](COc2cccc(Cl)c2)C1. The van der Waals surface area contributed by atoms with Crippen molar-refractivity contribution in [3.8, 4) is 5.75 Å². The summed E-state index contributed by atoms with van der Waals surface area (Å²) in [6, 6.07) is 7.25. The van der Waals surface area contributed by atoms with E-state index in [0.29, 0.717) is 43.7 Å². The maximum absolute atomic E-state index is 11.5. The second-order valence-electron chi connectivity index (χ2n) is 4.80. The highest BCUT2D eigenvalue weighted by atomic mass is 35.5. The van der Waals surface area contributed by atoms with Crippen LogP contribution in [0.1, 0.15) is 6.92 Å². The molecule has 6 heteroatoms. The van der Waals surface area contributed by atoms with Gasteiger partial charge in [0.25, 0.3) is 0 Å². The van der Waals surface area contributed by atoms with Gasteiger partial charge < -0.3 is 14.2 Å². The van der Waals surface area contributed by atoms with Gasteiger partial charge in [0.05, 0.1) is 19.8 Å². The fourth-order valence-electron chi connectivity index (χ4n) is 2.16. The van der Waals surface area contributed by atoms with Crippen LogP contribution in [0.3, 0.4) is 0 Å². The molecule has 0 radical (unpaired) electrons. The summed E-state index contributed by atoms with van der Waals surface area (Å²) in [5.74, 6) is 0.516. The van der Waals surface area contributed by atoms with E-state index >= 15 is 0 Å². The van der Waals surface area contributed by atoms with Crippen LogP contribution >= 0.6 is 11.6 Å². The number of nitrogens with zero attached hydrogens (tertiary/aromatic N) is 1. The molecule has 0 amide bonds. The van der Waals surface area contributed by atoms with Crippen LogP contribution < -0.4 is 4.74 Å². The summed E-state index contributed by atoms with van der Waals surface area (Å²) in [6.45, 7) is 4.91. The third kappa shape index (κ3) is 5.53. The second-order valence-corrected chi connectivity index (χ2v) is 5.24. The van der Waals surface area contributed by atoms with Crippen molar-refractivity contribution in [3.05, 3.63) is 29.3 Å². The number of benzene rings is 1. The molecule has 0 unspecified atom stereocenters. The van der Waals surface area contributed by atoms with Gasteiger partial charge >= 0.3 is 5.97 Å². The first kappa shape index (κ1) is 16.1. The quantitative estimate of drug-likeness (QED) is 0.752. The molecule has 0 bridgehead atoms. The van der Waals surface area contributed by atoms with Crippen molar-refractivity contribution in [3.63, 3.8) is 0 Å². The molecule has 1 fully saturated rings. The summed E-state index contributed by atoms with van der Waals surface area (Å²) < 4.78 is 16.3. The fraction of sp³-hybridized carbons (Fsp3) is 0.533. The Balaban J connectivity index is 1.77. The number of hydrogen-bond donors (Lipinski definition) is 0. The Morgan fingerprint density at radius 2 is 2.38 bits per heavy atom. The van der Waals surface area contributed by atoms with Gasteiger partial charge in [0.2, 0.25) is 0 Å². The fourth-order valence-corrected chi connectivity index (χ4v) is 2.34. The Morgan fingerprint density at radius 1 is 1.52 bits per heavy atom. The molecule has 1 atom stereocenters. The summed E-state index contributed by atoms with van der Waals surface area (Å²) in [4.78, 5) is 13.5. The van der Waals surface area contributed by atoms with E-state index in [1.54, 1.807) is 19.1 Å². The van der Waals surface area contributed by atoms with Gasteiger partial charge in [-0.25, -0.2) is 0 Å². The molecule has 0 aliphatic carbocycles. The average Bonchev–Trinajstić information content (AvgIpc) is 2.46. The highest BCUT2D eigenvalue weighted by Gasteiger charge is 2.23. The lowest BCUT2D eigenvalue weighted by Gasteiger charge is -2.32. The molecule has 0 spiro atoms. The number of halogens is 1. The van der Waals surface area contributed by atoms with Crippen molar-refractivity contribution in [2.45, 2.75) is 13.0 Å². The summed E-state index contributed by atoms with van der Waals surface area (Å²) in [5.41, 5.74) is 0. The van der Waals surface area contributed by atoms with Gasteiger partial charge in [-0.1, -0.05) is 17.7 Å². The van der Waals surface area contributed by atoms with E-state index in [4.69, 9.17) is 25.8 Å². The first-order valence-corrected chi connectivity index (χ1v) is 7.43. The topological polar surface area (TPSA) is 48.0 Å². The molecule has 2 rings (SSSR count). The number of ether oxygens (including phenoxy) is 3. The summed E-state index contributed by atoms with van der Waals surface area (Å²) in [5, 5.41) is 0.640. The van der Waals surface area contributed by atoms with E-state index in [-0.39, 0.29) is 12.1 Å². The van der Waals surface area contributed by atoms with Crippen LogP contribution in [0, 0.1) is 0 Å². The van der Waals surface area contributed by atoms with Gasteiger partial charge in [0.1, 0.15) is 18.5 Å². The van der Waals surface area contributed by atoms with Crippen LogP contribution in [-0.2, 0) is 14.3 Å². The molecular weight excluding hydrogens is 294 g/mol. The van der Waals surface area contributed by atoms with Crippen LogP contribution in [0.2, 0.25) is 5.02 Å². The summed E-state index contributed by atoms with van der Waals surface area (Å²) >= 11 is 5.91. The molecule has 21 heavy (non-hydrogen) atoms. The Bertz CT molecular complexity index is 469. The zero-order chi connectivity index (χ0) is 15.1. The maximum atomic E-state index is 11.5. The van der Waals surface area contributed by atoms with Crippen molar-refractivity contribution in [2.75, 3.05) is 39.5 Å². The van der Waals surface area contributed by atoms with Crippen LogP contribution in [0.5, 0.6) is 5.75 Å². The van der Waals surface area contributed by atoms with Crippen molar-refractivity contribution in [2.24, 2.45) is 0 Å². The van der Waals surface area contributed by atoms with Crippen LogP contribution in [-0.4, -0.2) is 56.4 Å². The third-order valence-corrected chi connectivity index (χ3v) is 3.35. The second kappa shape index (κ2) is 8.22. The summed E-state index contributed by atoms with van der Waals surface area (Å²) in [7, 11) is 0. The molecule has 1 aromatic rings. The van der Waals surface area contributed by atoms with Gasteiger partial charge in [-0.05, 0) is 25.1 Å². The van der Waals surface area contributed by atoms with Crippen molar-refractivity contribution >= 4 is 17.6 Å². The molecule has 1 aromatic carbocycles. The minimum absolute atomic E-state index is 0.0628. The number of carbonyl (C=O) groups excluding carboxylic acids is 1. The molecular formula is C15H20ClNO4.